The standard InChI is InChI=1S/C23H36N6.HI/c1-18-22(19(2)28(4)27-18)16-26-23(24-3)25-15-20-11-7-8-12-21(20)17-29-13-9-5-6-10-14-29;/h7-8,11-12H,5-6,9-10,13-17H2,1-4H3,(H2,24,25,26);1H. The van der Waals surface area contributed by atoms with Crippen LogP contribution in [0.3, 0.4) is 0 Å². The molecule has 0 aliphatic carbocycles. The minimum absolute atomic E-state index is 0. The summed E-state index contributed by atoms with van der Waals surface area (Å²) in [4.78, 5) is 7.00. The van der Waals surface area contributed by atoms with Crippen LogP contribution in [-0.2, 0) is 26.7 Å². The lowest BCUT2D eigenvalue weighted by atomic mass is 10.1. The van der Waals surface area contributed by atoms with Gasteiger partial charge in [-0.2, -0.15) is 5.10 Å². The maximum atomic E-state index is 4.49. The number of benzene rings is 1. The zero-order chi connectivity index (χ0) is 20.6. The van der Waals surface area contributed by atoms with E-state index in [-0.39, 0.29) is 24.0 Å². The summed E-state index contributed by atoms with van der Waals surface area (Å²) in [5, 5.41) is 11.4. The Morgan fingerprint density at radius 1 is 1.00 bits per heavy atom. The molecule has 1 aromatic heterocycles. The smallest absolute Gasteiger partial charge is 0.191 e. The van der Waals surface area contributed by atoms with Gasteiger partial charge in [-0.3, -0.25) is 14.6 Å². The molecule has 0 amide bonds. The highest BCUT2D eigenvalue weighted by atomic mass is 127. The Bertz CT molecular complexity index is 821. The molecule has 30 heavy (non-hydrogen) atoms. The molecule has 0 saturated carbocycles. The molecule has 0 spiro atoms. The number of hydrogen-bond acceptors (Lipinski definition) is 3. The number of aryl methyl sites for hydroxylation is 2. The zero-order valence-corrected chi connectivity index (χ0v) is 21.2. The predicted molar refractivity (Wildman–Crippen MR) is 135 cm³/mol. The predicted octanol–water partition coefficient (Wildman–Crippen LogP) is 3.90. The third kappa shape index (κ3) is 6.70. The molecule has 7 heteroatoms. The van der Waals surface area contributed by atoms with Gasteiger partial charge in [0.25, 0.3) is 0 Å². The summed E-state index contributed by atoms with van der Waals surface area (Å²) in [5.74, 6) is 0.817. The number of rotatable bonds is 6. The third-order valence-electron chi connectivity index (χ3n) is 5.97. The SMILES string of the molecule is CN=C(NCc1ccccc1CN1CCCCCC1)NCc1c(C)nn(C)c1C.I. The van der Waals surface area contributed by atoms with E-state index < -0.39 is 0 Å². The first kappa shape index (κ1) is 24.7. The van der Waals surface area contributed by atoms with Gasteiger partial charge in [0, 0.05) is 45.0 Å². The summed E-state index contributed by atoms with van der Waals surface area (Å²) in [6.07, 6.45) is 5.39. The molecule has 1 aliphatic rings. The highest BCUT2D eigenvalue weighted by Gasteiger charge is 2.13. The van der Waals surface area contributed by atoms with Gasteiger partial charge < -0.3 is 10.6 Å². The van der Waals surface area contributed by atoms with Crippen molar-refractivity contribution in [3.8, 4) is 0 Å². The van der Waals surface area contributed by atoms with E-state index in [1.807, 2.05) is 18.8 Å². The van der Waals surface area contributed by atoms with E-state index in [1.54, 1.807) is 0 Å². The summed E-state index contributed by atoms with van der Waals surface area (Å²) >= 11 is 0. The minimum atomic E-state index is 0. The summed E-state index contributed by atoms with van der Waals surface area (Å²) in [7, 11) is 3.81. The van der Waals surface area contributed by atoms with Crippen LogP contribution in [-0.4, -0.2) is 40.8 Å². The fourth-order valence-electron chi connectivity index (χ4n) is 4.06. The molecule has 1 fully saturated rings. The van der Waals surface area contributed by atoms with E-state index in [9.17, 15) is 0 Å². The second-order valence-electron chi connectivity index (χ2n) is 8.01. The Kier molecular flexibility index (Phi) is 10.1. The van der Waals surface area contributed by atoms with Crippen LogP contribution in [0.25, 0.3) is 0 Å². The van der Waals surface area contributed by atoms with Gasteiger partial charge >= 0.3 is 0 Å². The Labute approximate surface area is 198 Å². The maximum Gasteiger partial charge on any atom is 0.191 e. The monoisotopic (exact) mass is 524 g/mol. The van der Waals surface area contributed by atoms with Gasteiger partial charge in [-0.15, -0.1) is 24.0 Å². The molecule has 0 bridgehead atoms. The lowest BCUT2D eigenvalue weighted by Crippen LogP contribution is -2.37. The Hall–Kier alpha value is -1.61. The average Bonchev–Trinajstić information content (AvgIpc) is 2.89. The van der Waals surface area contributed by atoms with Gasteiger partial charge in [-0.25, -0.2) is 0 Å². The van der Waals surface area contributed by atoms with E-state index in [0.29, 0.717) is 0 Å². The van der Waals surface area contributed by atoms with E-state index >= 15 is 0 Å². The fraction of sp³-hybridized carbons (Fsp3) is 0.565. The molecule has 1 saturated heterocycles. The average molecular weight is 524 g/mol. The van der Waals surface area contributed by atoms with Gasteiger partial charge in [0.15, 0.2) is 5.96 Å². The molecule has 166 valence electrons. The third-order valence-corrected chi connectivity index (χ3v) is 5.97. The summed E-state index contributed by atoms with van der Waals surface area (Å²) in [6, 6.07) is 8.77. The molecule has 2 aromatic rings. The van der Waals surface area contributed by atoms with Crippen molar-refractivity contribution >= 4 is 29.9 Å². The Morgan fingerprint density at radius 2 is 1.63 bits per heavy atom. The number of nitrogens with zero attached hydrogens (tertiary/aromatic N) is 4. The number of hydrogen-bond donors (Lipinski definition) is 2. The molecular weight excluding hydrogens is 487 g/mol. The van der Waals surface area contributed by atoms with Crippen LogP contribution in [0.1, 0.15) is 53.8 Å². The number of nitrogens with one attached hydrogen (secondary N) is 2. The van der Waals surface area contributed by atoms with Crippen molar-refractivity contribution < 1.29 is 0 Å². The number of aromatic nitrogens is 2. The van der Waals surface area contributed by atoms with Gasteiger partial charge in [-0.1, -0.05) is 37.1 Å². The molecule has 1 aromatic carbocycles. The van der Waals surface area contributed by atoms with Crippen LogP contribution < -0.4 is 10.6 Å². The van der Waals surface area contributed by atoms with Crippen molar-refractivity contribution in [2.24, 2.45) is 12.0 Å². The molecule has 1 aliphatic heterocycles. The van der Waals surface area contributed by atoms with Crippen molar-refractivity contribution in [3.63, 3.8) is 0 Å². The number of guanidine groups is 1. The second kappa shape index (κ2) is 12.3. The summed E-state index contributed by atoms with van der Waals surface area (Å²) < 4.78 is 1.93. The summed E-state index contributed by atoms with van der Waals surface area (Å²) in [6.45, 7) is 9.13. The molecule has 0 unspecified atom stereocenters. The minimum Gasteiger partial charge on any atom is -0.352 e. The van der Waals surface area contributed by atoms with Crippen LogP contribution in [0.5, 0.6) is 0 Å². The van der Waals surface area contributed by atoms with Crippen molar-refractivity contribution in [1.29, 1.82) is 0 Å². The number of halogens is 1. The topological polar surface area (TPSA) is 57.5 Å². The molecular formula is C23H37IN6. The highest BCUT2D eigenvalue weighted by Crippen LogP contribution is 2.16. The zero-order valence-electron chi connectivity index (χ0n) is 18.9. The van der Waals surface area contributed by atoms with Gasteiger partial charge in [-0.05, 0) is 50.9 Å². The Balaban J connectivity index is 0.00000320. The van der Waals surface area contributed by atoms with Gasteiger partial charge in [0.05, 0.1) is 5.69 Å². The largest absolute Gasteiger partial charge is 0.352 e. The lowest BCUT2D eigenvalue weighted by Gasteiger charge is -2.22. The molecule has 0 radical (unpaired) electrons. The first-order chi connectivity index (χ1) is 14.1. The number of likely N-dealkylation sites (tertiary alicyclic amines) is 1. The van der Waals surface area contributed by atoms with Crippen LogP contribution >= 0.6 is 24.0 Å². The highest BCUT2D eigenvalue weighted by molar-refractivity contribution is 14.0. The van der Waals surface area contributed by atoms with E-state index in [4.69, 9.17) is 0 Å². The molecule has 6 nitrogen and oxygen atoms in total. The van der Waals surface area contributed by atoms with Crippen molar-refractivity contribution in [1.82, 2.24) is 25.3 Å². The van der Waals surface area contributed by atoms with Crippen LogP contribution in [0.2, 0.25) is 0 Å². The molecule has 2 heterocycles. The van der Waals surface area contributed by atoms with Crippen molar-refractivity contribution in [2.45, 2.75) is 59.2 Å². The Morgan fingerprint density at radius 3 is 2.23 bits per heavy atom. The van der Waals surface area contributed by atoms with E-state index in [2.05, 4.69) is 63.7 Å². The van der Waals surface area contributed by atoms with Crippen LogP contribution in [0, 0.1) is 13.8 Å². The maximum absolute atomic E-state index is 4.49. The molecule has 0 atom stereocenters. The first-order valence-electron chi connectivity index (χ1n) is 10.8. The van der Waals surface area contributed by atoms with Gasteiger partial charge in [0.2, 0.25) is 0 Å². The molecule has 3 rings (SSSR count). The van der Waals surface area contributed by atoms with Gasteiger partial charge in [0.1, 0.15) is 0 Å². The normalized spacial score (nSPS) is 15.4. The first-order valence-corrected chi connectivity index (χ1v) is 10.8. The van der Waals surface area contributed by atoms with E-state index in [1.165, 1.54) is 61.2 Å². The number of aliphatic imine (C=N–C) groups is 1. The van der Waals surface area contributed by atoms with E-state index in [0.717, 1.165) is 31.3 Å². The van der Waals surface area contributed by atoms with Crippen LogP contribution in [0.15, 0.2) is 29.3 Å². The molecule has 2 N–H and O–H groups in total. The summed E-state index contributed by atoms with van der Waals surface area (Å²) in [5.41, 5.74) is 6.24. The lowest BCUT2D eigenvalue weighted by molar-refractivity contribution is 0.276. The van der Waals surface area contributed by atoms with Crippen molar-refractivity contribution in [3.05, 3.63) is 52.3 Å². The fourth-order valence-corrected chi connectivity index (χ4v) is 4.06. The second-order valence-corrected chi connectivity index (χ2v) is 8.01. The van der Waals surface area contributed by atoms with Crippen molar-refractivity contribution in [2.75, 3.05) is 20.1 Å². The van der Waals surface area contributed by atoms with Crippen LogP contribution in [0.4, 0.5) is 0 Å². The quantitative estimate of drug-likeness (QED) is 0.342.